The minimum absolute atomic E-state index is 0.115. The molecule has 3 aliphatic rings. The molecule has 4 rings (SSSR count). The number of fused-ring (bicyclic) bond motifs is 3. The molecule has 0 aromatic heterocycles. The van der Waals surface area contributed by atoms with E-state index >= 15 is 0 Å². The van der Waals surface area contributed by atoms with Crippen molar-refractivity contribution in [2.75, 3.05) is 35.2 Å². The second-order valence-corrected chi connectivity index (χ2v) is 7.89. The third-order valence-electron chi connectivity index (χ3n) is 6.85. The van der Waals surface area contributed by atoms with Gasteiger partial charge in [-0.2, -0.15) is 0 Å². The van der Waals surface area contributed by atoms with E-state index in [1.54, 1.807) is 34.5 Å². The Morgan fingerprint density at radius 3 is 2.57 bits per heavy atom. The van der Waals surface area contributed by atoms with Crippen molar-refractivity contribution in [3.8, 4) is 17.2 Å². The van der Waals surface area contributed by atoms with Crippen molar-refractivity contribution in [2.24, 2.45) is 5.92 Å². The van der Waals surface area contributed by atoms with Gasteiger partial charge >= 0.3 is 0 Å². The number of rotatable bonds is 7. The van der Waals surface area contributed by atoms with Gasteiger partial charge in [0.05, 0.1) is 7.11 Å². The Kier molecular flexibility index (Phi) is 5.16. The molecule has 2 bridgehead atoms. The number of allylic oxidation sites excluding steroid dienone is 1. The van der Waals surface area contributed by atoms with Gasteiger partial charge in [0, 0.05) is 38.7 Å². The minimum Gasteiger partial charge on any atom is -0.493 e. The summed E-state index contributed by atoms with van der Waals surface area (Å²) in [6, 6.07) is 3.77. The minimum atomic E-state index is -1.27. The third kappa shape index (κ3) is 2.46. The average molecular weight is 416 g/mol. The summed E-state index contributed by atoms with van der Waals surface area (Å²) in [6.07, 6.45) is 3.41. The largest absolute Gasteiger partial charge is 0.493 e. The van der Waals surface area contributed by atoms with Crippen molar-refractivity contribution in [3.05, 3.63) is 42.0 Å². The summed E-state index contributed by atoms with van der Waals surface area (Å²) < 4.78 is 34.8. The van der Waals surface area contributed by atoms with Gasteiger partial charge in [0.15, 0.2) is 22.9 Å². The van der Waals surface area contributed by atoms with Gasteiger partial charge < -0.3 is 28.4 Å². The molecule has 0 radical (unpaired) electrons. The molecule has 0 saturated heterocycles. The fourth-order valence-electron chi connectivity index (χ4n) is 5.64. The summed E-state index contributed by atoms with van der Waals surface area (Å²) >= 11 is 0. The fourth-order valence-corrected chi connectivity index (χ4v) is 5.64. The molecule has 2 aliphatic carbocycles. The van der Waals surface area contributed by atoms with E-state index in [1.807, 2.05) is 18.2 Å². The maximum Gasteiger partial charge on any atom is 0.231 e. The Morgan fingerprint density at radius 2 is 1.97 bits per heavy atom. The molecule has 1 aromatic rings. The molecule has 0 spiro atoms. The van der Waals surface area contributed by atoms with Gasteiger partial charge in [-0.05, 0) is 30.2 Å². The summed E-state index contributed by atoms with van der Waals surface area (Å²) in [5.41, 5.74) is -0.654. The predicted octanol–water partition coefficient (Wildman–Crippen LogP) is 3.03. The van der Waals surface area contributed by atoms with Crippen LogP contribution in [-0.4, -0.2) is 58.3 Å². The Hall–Kier alpha value is -2.35. The van der Waals surface area contributed by atoms with Crippen LogP contribution < -0.4 is 14.2 Å². The van der Waals surface area contributed by atoms with Gasteiger partial charge in [0.1, 0.15) is 11.7 Å². The first-order valence-corrected chi connectivity index (χ1v) is 9.93. The van der Waals surface area contributed by atoms with E-state index in [0.29, 0.717) is 29.2 Å². The second-order valence-electron chi connectivity index (χ2n) is 7.89. The van der Waals surface area contributed by atoms with Crippen LogP contribution in [0.4, 0.5) is 0 Å². The summed E-state index contributed by atoms with van der Waals surface area (Å²) in [5.74, 6) is 1.05. The SMILES string of the molecule is C=CCC1=C[C@@]2(OC)C(OC)[C@@](OC)(C1=O)[C@H](c1cc(OC)c3c(c1)OCO3)[C@H]2C. The molecule has 0 amide bonds. The number of carbonyl (C=O) groups is 1. The zero-order valence-electron chi connectivity index (χ0n) is 18.0. The molecule has 162 valence electrons. The monoisotopic (exact) mass is 416 g/mol. The van der Waals surface area contributed by atoms with Gasteiger partial charge in [-0.1, -0.05) is 13.0 Å². The average Bonchev–Trinajstić information content (AvgIpc) is 3.29. The van der Waals surface area contributed by atoms with Crippen LogP contribution in [-0.2, 0) is 19.0 Å². The van der Waals surface area contributed by atoms with Crippen LogP contribution in [0.15, 0.2) is 36.4 Å². The molecule has 7 nitrogen and oxygen atoms in total. The lowest BCUT2D eigenvalue weighted by Gasteiger charge is -2.43. The Balaban J connectivity index is 1.96. The highest BCUT2D eigenvalue weighted by Crippen LogP contribution is 2.61. The predicted molar refractivity (Wildman–Crippen MR) is 109 cm³/mol. The van der Waals surface area contributed by atoms with E-state index in [9.17, 15) is 4.79 Å². The van der Waals surface area contributed by atoms with E-state index in [0.717, 1.165) is 5.56 Å². The van der Waals surface area contributed by atoms with E-state index in [-0.39, 0.29) is 24.4 Å². The number of Topliss-reactive ketones (excluding diaryl/α,β-unsaturated/α-hetero) is 1. The molecule has 1 unspecified atom stereocenters. The molecule has 7 heteroatoms. The molecular weight excluding hydrogens is 388 g/mol. The molecule has 1 aromatic carbocycles. The summed E-state index contributed by atoms with van der Waals surface area (Å²) in [6.45, 7) is 5.98. The first kappa shape index (κ1) is 20.9. The molecule has 1 aliphatic heterocycles. The Labute approximate surface area is 176 Å². The molecule has 5 atom stereocenters. The van der Waals surface area contributed by atoms with Crippen molar-refractivity contribution in [1.82, 2.24) is 0 Å². The quantitative estimate of drug-likeness (QED) is 0.633. The van der Waals surface area contributed by atoms with Crippen LogP contribution >= 0.6 is 0 Å². The second kappa shape index (κ2) is 7.41. The highest BCUT2D eigenvalue weighted by Gasteiger charge is 2.73. The van der Waals surface area contributed by atoms with E-state index in [1.165, 1.54) is 0 Å². The number of hydrogen-bond acceptors (Lipinski definition) is 7. The smallest absolute Gasteiger partial charge is 0.231 e. The normalized spacial score (nSPS) is 34.1. The van der Waals surface area contributed by atoms with Gasteiger partial charge in [0.25, 0.3) is 0 Å². The van der Waals surface area contributed by atoms with Crippen LogP contribution in [0.5, 0.6) is 17.2 Å². The van der Waals surface area contributed by atoms with Crippen molar-refractivity contribution in [2.45, 2.75) is 36.6 Å². The number of ketones is 1. The van der Waals surface area contributed by atoms with Crippen LogP contribution in [0.2, 0.25) is 0 Å². The first-order chi connectivity index (χ1) is 14.4. The molecule has 30 heavy (non-hydrogen) atoms. The first-order valence-electron chi connectivity index (χ1n) is 9.93. The lowest BCUT2D eigenvalue weighted by molar-refractivity contribution is -0.177. The van der Waals surface area contributed by atoms with Crippen LogP contribution in [0, 0.1) is 5.92 Å². The van der Waals surface area contributed by atoms with Crippen molar-refractivity contribution >= 4 is 5.78 Å². The number of ether oxygens (including phenoxy) is 6. The van der Waals surface area contributed by atoms with E-state index in [2.05, 4.69) is 13.5 Å². The molecule has 1 heterocycles. The van der Waals surface area contributed by atoms with Crippen LogP contribution in [0.3, 0.4) is 0 Å². The highest BCUT2D eigenvalue weighted by molar-refractivity contribution is 6.06. The number of carbonyl (C=O) groups excluding carboxylic acids is 1. The maximum absolute atomic E-state index is 13.8. The summed E-state index contributed by atoms with van der Waals surface area (Å²) in [7, 11) is 6.36. The van der Waals surface area contributed by atoms with Gasteiger partial charge in [-0.3, -0.25) is 4.79 Å². The fraction of sp³-hybridized carbons (Fsp3) is 0.522. The topological polar surface area (TPSA) is 72.5 Å². The molecular formula is C23H28O7. The lowest BCUT2D eigenvalue weighted by atomic mass is 9.74. The maximum atomic E-state index is 13.8. The summed E-state index contributed by atoms with van der Waals surface area (Å²) in [5, 5.41) is 0. The number of benzene rings is 1. The zero-order valence-corrected chi connectivity index (χ0v) is 18.0. The van der Waals surface area contributed by atoms with Crippen molar-refractivity contribution < 1.29 is 33.2 Å². The summed E-state index contributed by atoms with van der Waals surface area (Å²) in [4.78, 5) is 13.8. The molecule has 0 N–H and O–H groups in total. The molecule has 1 saturated carbocycles. The highest BCUT2D eigenvalue weighted by atomic mass is 16.7. The third-order valence-corrected chi connectivity index (χ3v) is 6.85. The van der Waals surface area contributed by atoms with Crippen LogP contribution in [0.1, 0.15) is 24.8 Å². The van der Waals surface area contributed by atoms with E-state index in [4.69, 9.17) is 28.4 Å². The zero-order chi connectivity index (χ0) is 21.7. The standard InChI is InChI=1S/C23H28O7/c1-7-8-14-11-22(27-5)13(2)18(23(28-6,20(14)24)21(22)26-4)15-9-16(25-3)19-17(10-15)29-12-30-19/h7,9-11,13,18,21H,1,8,12H2,2-6H3/t13-,18+,21?,22+,23+/m1/s1. The lowest BCUT2D eigenvalue weighted by Crippen LogP contribution is -2.60. The van der Waals surface area contributed by atoms with Gasteiger partial charge in [0.2, 0.25) is 12.5 Å². The molecule has 1 fully saturated rings. The Morgan fingerprint density at radius 1 is 1.20 bits per heavy atom. The van der Waals surface area contributed by atoms with E-state index < -0.39 is 17.3 Å². The Bertz CT molecular complexity index is 907. The van der Waals surface area contributed by atoms with Crippen molar-refractivity contribution in [1.29, 1.82) is 0 Å². The van der Waals surface area contributed by atoms with Gasteiger partial charge in [-0.25, -0.2) is 0 Å². The van der Waals surface area contributed by atoms with Crippen molar-refractivity contribution in [3.63, 3.8) is 0 Å². The number of hydrogen-bond donors (Lipinski definition) is 0. The van der Waals surface area contributed by atoms with Crippen LogP contribution in [0.25, 0.3) is 0 Å². The number of methoxy groups -OCH3 is 4. The van der Waals surface area contributed by atoms with Gasteiger partial charge in [-0.15, -0.1) is 6.58 Å².